The number of esters is 1. The maximum absolute atomic E-state index is 12.3. The number of hydrogen-bond donors (Lipinski definition) is 2. The molecule has 122 valence electrons. The molecular formula is C14H16BNO6S. The van der Waals surface area contributed by atoms with Crippen molar-refractivity contribution in [3.05, 3.63) is 17.0 Å². The Morgan fingerprint density at radius 1 is 1.35 bits per heavy atom. The first-order chi connectivity index (χ1) is 10.9. The minimum Gasteiger partial charge on any atom is -0.481 e. The van der Waals surface area contributed by atoms with Gasteiger partial charge in [-0.2, -0.15) is 0 Å². The largest absolute Gasteiger partial charge is 0.494 e. The number of hydrogen-bond acceptors (Lipinski definition) is 8. The van der Waals surface area contributed by atoms with E-state index in [1.807, 2.05) is 0 Å². The quantitative estimate of drug-likeness (QED) is 0.445. The SMILES string of the molecule is COC(=O)[C@@H](C)CC(=O)c1cc2nc(OC)c(B(O)O)cc2s1. The van der Waals surface area contributed by atoms with Gasteiger partial charge in [0.05, 0.1) is 35.2 Å². The average molecular weight is 337 g/mol. The Morgan fingerprint density at radius 3 is 2.61 bits per heavy atom. The molecule has 23 heavy (non-hydrogen) atoms. The number of nitrogens with zero attached hydrogens (tertiary/aromatic N) is 1. The molecule has 0 aromatic carbocycles. The molecule has 0 aliphatic rings. The summed E-state index contributed by atoms with van der Waals surface area (Å²) in [5.41, 5.74) is 0.647. The number of ketones is 1. The highest BCUT2D eigenvalue weighted by atomic mass is 32.1. The van der Waals surface area contributed by atoms with Crippen molar-refractivity contribution in [1.29, 1.82) is 0 Å². The molecule has 2 heterocycles. The van der Waals surface area contributed by atoms with E-state index >= 15 is 0 Å². The van der Waals surface area contributed by atoms with E-state index in [2.05, 4.69) is 9.72 Å². The summed E-state index contributed by atoms with van der Waals surface area (Å²) in [6.45, 7) is 1.62. The number of carbonyl (C=O) groups excluding carboxylic acids is 2. The van der Waals surface area contributed by atoms with Crippen LogP contribution in [0.4, 0.5) is 0 Å². The molecular weight excluding hydrogens is 321 g/mol. The van der Waals surface area contributed by atoms with Crippen LogP contribution in [0.5, 0.6) is 5.88 Å². The molecule has 0 bridgehead atoms. The number of Topliss-reactive ketones (excluding diaryl/α,β-unsaturated/α-hetero) is 1. The Bertz CT molecular complexity index is 744. The van der Waals surface area contributed by atoms with Crippen LogP contribution >= 0.6 is 11.3 Å². The molecule has 0 spiro atoms. The summed E-state index contributed by atoms with van der Waals surface area (Å²) in [6.07, 6.45) is 0.0338. The zero-order valence-corrected chi connectivity index (χ0v) is 13.7. The van der Waals surface area contributed by atoms with Crippen LogP contribution in [0.25, 0.3) is 10.2 Å². The van der Waals surface area contributed by atoms with Crippen LogP contribution in [-0.4, -0.2) is 48.1 Å². The third kappa shape index (κ3) is 3.69. The monoisotopic (exact) mass is 337 g/mol. The van der Waals surface area contributed by atoms with Gasteiger partial charge in [0.25, 0.3) is 0 Å². The summed E-state index contributed by atoms with van der Waals surface area (Å²) in [5.74, 6) is -1.08. The Hall–Kier alpha value is -1.97. The molecule has 0 aliphatic heterocycles. The van der Waals surface area contributed by atoms with Gasteiger partial charge in [0.1, 0.15) is 0 Å². The van der Waals surface area contributed by atoms with E-state index in [4.69, 9.17) is 4.74 Å². The minimum atomic E-state index is -1.72. The Balaban J connectivity index is 2.33. The fourth-order valence-electron chi connectivity index (χ4n) is 2.11. The van der Waals surface area contributed by atoms with Crippen LogP contribution < -0.4 is 10.2 Å². The van der Waals surface area contributed by atoms with Crippen molar-refractivity contribution in [3.63, 3.8) is 0 Å². The molecule has 2 aromatic heterocycles. The van der Waals surface area contributed by atoms with Crippen LogP contribution in [-0.2, 0) is 9.53 Å². The third-order valence-electron chi connectivity index (χ3n) is 3.34. The maximum Gasteiger partial charge on any atom is 0.494 e. The van der Waals surface area contributed by atoms with E-state index < -0.39 is 19.0 Å². The molecule has 0 unspecified atom stereocenters. The molecule has 7 nitrogen and oxygen atoms in total. The number of pyridine rings is 1. The predicted octanol–water partition coefficient (Wildman–Crippen LogP) is 0.367. The fraction of sp³-hybridized carbons (Fsp3) is 0.357. The Morgan fingerprint density at radius 2 is 2.04 bits per heavy atom. The third-order valence-corrected chi connectivity index (χ3v) is 4.45. The van der Waals surface area contributed by atoms with Crippen LogP contribution in [0.1, 0.15) is 23.0 Å². The van der Waals surface area contributed by atoms with Gasteiger partial charge in [-0.15, -0.1) is 11.3 Å². The molecule has 0 fully saturated rings. The van der Waals surface area contributed by atoms with Crippen molar-refractivity contribution in [1.82, 2.24) is 4.98 Å². The smallest absolute Gasteiger partial charge is 0.481 e. The molecule has 2 aromatic rings. The van der Waals surface area contributed by atoms with Gasteiger partial charge >= 0.3 is 13.1 Å². The van der Waals surface area contributed by atoms with Gasteiger partial charge in [0.15, 0.2) is 5.78 Å². The van der Waals surface area contributed by atoms with Crippen LogP contribution in [0.15, 0.2) is 12.1 Å². The van der Waals surface area contributed by atoms with E-state index in [-0.39, 0.29) is 23.5 Å². The van der Waals surface area contributed by atoms with Crippen molar-refractivity contribution in [2.45, 2.75) is 13.3 Å². The second kappa shape index (κ2) is 7.07. The number of aromatic nitrogens is 1. The number of methoxy groups -OCH3 is 2. The first kappa shape index (κ1) is 17.4. The highest BCUT2D eigenvalue weighted by Gasteiger charge is 2.23. The minimum absolute atomic E-state index is 0.0338. The van der Waals surface area contributed by atoms with E-state index in [0.29, 0.717) is 15.1 Å². The predicted molar refractivity (Wildman–Crippen MR) is 86.1 cm³/mol. The van der Waals surface area contributed by atoms with E-state index in [1.54, 1.807) is 13.0 Å². The van der Waals surface area contributed by atoms with Gasteiger partial charge in [-0.3, -0.25) is 9.59 Å². The van der Waals surface area contributed by atoms with E-state index in [9.17, 15) is 19.6 Å². The molecule has 0 radical (unpaired) electrons. The highest BCUT2D eigenvalue weighted by molar-refractivity contribution is 7.20. The van der Waals surface area contributed by atoms with Crippen molar-refractivity contribution in [2.24, 2.45) is 5.92 Å². The molecule has 2 N–H and O–H groups in total. The number of ether oxygens (including phenoxy) is 2. The lowest BCUT2D eigenvalue weighted by molar-refractivity contribution is -0.144. The number of rotatable bonds is 6. The molecule has 1 atom stereocenters. The number of thiophene rings is 1. The van der Waals surface area contributed by atoms with Crippen LogP contribution in [0, 0.1) is 5.92 Å². The standard InChI is InChI=1S/C14H16BNO6S/c1-7(14(18)22-3)4-10(17)12-6-9-11(23-12)5-8(15(19)20)13(16-9)21-2/h5-7,19-20H,4H2,1-3H3/t7-/m0/s1. The maximum atomic E-state index is 12.3. The molecule has 2 rings (SSSR count). The summed E-state index contributed by atoms with van der Waals surface area (Å²) in [5, 5.41) is 18.7. The zero-order chi connectivity index (χ0) is 17.1. The van der Waals surface area contributed by atoms with Gasteiger partial charge in [-0.1, -0.05) is 6.92 Å². The van der Waals surface area contributed by atoms with Crippen molar-refractivity contribution < 1.29 is 29.1 Å². The van der Waals surface area contributed by atoms with Gasteiger partial charge in [0, 0.05) is 11.9 Å². The molecule has 9 heteroatoms. The Kier molecular flexibility index (Phi) is 5.35. The molecule has 0 aliphatic carbocycles. The normalized spacial score (nSPS) is 12.0. The number of carbonyl (C=O) groups is 2. The number of fused-ring (bicyclic) bond motifs is 1. The van der Waals surface area contributed by atoms with E-state index in [0.717, 1.165) is 0 Å². The summed E-state index contributed by atoms with van der Waals surface area (Å²) < 4.78 is 10.3. The fourth-order valence-corrected chi connectivity index (χ4v) is 3.11. The first-order valence-corrected chi connectivity index (χ1v) is 7.64. The summed E-state index contributed by atoms with van der Waals surface area (Å²) >= 11 is 1.18. The van der Waals surface area contributed by atoms with E-state index in [1.165, 1.54) is 31.6 Å². The molecule has 0 saturated carbocycles. The summed E-state index contributed by atoms with van der Waals surface area (Å²) in [7, 11) is 0.930. The lowest BCUT2D eigenvalue weighted by Gasteiger charge is -2.06. The van der Waals surface area contributed by atoms with Crippen LogP contribution in [0.2, 0.25) is 0 Å². The van der Waals surface area contributed by atoms with Gasteiger partial charge in [-0.25, -0.2) is 4.98 Å². The second-order valence-corrected chi connectivity index (χ2v) is 6.09. The van der Waals surface area contributed by atoms with Crippen molar-refractivity contribution in [2.75, 3.05) is 14.2 Å². The van der Waals surface area contributed by atoms with Crippen molar-refractivity contribution >= 4 is 45.9 Å². The first-order valence-electron chi connectivity index (χ1n) is 6.83. The molecule has 0 saturated heterocycles. The Labute approximate surface area is 137 Å². The lowest BCUT2D eigenvalue weighted by Crippen LogP contribution is -2.31. The van der Waals surface area contributed by atoms with Crippen LogP contribution in [0.3, 0.4) is 0 Å². The lowest BCUT2D eigenvalue weighted by atomic mass is 9.81. The zero-order valence-electron chi connectivity index (χ0n) is 12.9. The summed E-state index contributed by atoms with van der Waals surface area (Å²) in [6, 6.07) is 3.12. The van der Waals surface area contributed by atoms with Crippen molar-refractivity contribution in [3.8, 4) is 5.88 Å². The van der Waals surface area contributed by atoms with Gasteiger partial charge in [0.2, 0.25) is 5.88 Å². The highest BCUT2D eigenvalue weighted by Crippen LogP contribution is 2.27. The topological polar surface area (TPSA) is 106 Å². The summed E-state index contributed by atoms with van der Waals surface area (Å²) in [4.78, 5) is 28.3. The average Bonchev–Trinajstić information content (AvgIpc) is 2.95. The van der Waals surface area contributed by atoms with Gasteiger partial charge in [-0.05, 0) is 12.1 Å². The van der Waals surface area contributed by atoms with Gasteiger partial charge < -0.3 is 19.5 Å². The second-order valence-electron chi connectivity index (χ2n) is 5.01. The molecule has 0 amide bonds.